The summed E-state index contributed by atoms with van der Waals surface area (Å²) in [4.78, 5) is 0. The fraction of sp³-hybridized carbons (Fsp3) is 0.294. The molecule has 0 bridgehead atoms. The van der Waals surface area contributed by atoms with Gasteiger partial charge in [0.25, 0.3) is 0 Å². The Labute approximate surface area is 122 Å². The molecule has 0 saturated heterocycles. The highest BCUT2D eigenvalue weighted by Crippen LogP contribution is 2.31. The van der Waals surface area contributed by atoms with Crippen LogP contribution < -0.4 is 0 Å². The Bertz CT molecular complexity index is 617. The van der Waals surface area contributed by atoms with Gasteiger partial charge in [-0.05, 0) is 54.5 Å². The van der Waals surface area contributed by atoms with Crippen LogP contribution in [-0.4, -0.2) is 0 Å². The van der Waals surface area contributed by atoms with E-state index in [4.69, 9.17) is 11.6 Å². The van der Waals surface area contributed by atoms with Gasteiger partial charge < -0.3 is 0 Å². The van der Waals surface area contributed by atoms with E-state index in [0.717, 1.165) is 18.4 Å². The second-order valence-corrected chi connectivity index (χ2v) is 5.78. The van der Waals surface area contributed by atoms with Gasteiger partial charge in [-0.3, -0.25) is 0 Å². The summed E-state index contributed by atoms with van der Waals surface area (Å²) in [6.45, 7) is 0. The smallest absolute Gasteiger partial charge is 0.129 e. The molecule has 104 valence electrons. The normalized spacial score (nSPS) is 15.2. The SMILES string of the molecule is Fc1cccc(F)c1CC(Cl)c1ccc2c(c1)CCC2. The summed E-state index contributed by atoms with van der Waals surface area (Å²) < 4.78 is 27.3. The first kappa shape index (κ1) is 13.6. The Kier molecular flexibility index (Phi) is 3.75. The minimum atomic E-state index is -0.531. The van der Waals surface area contributed by atoms with Gasteiger partial charge >= 0.3 is 0 Å². The number of fused-ring (bicyclic) bond motifs is 1. The predicted molar refractivity (Wildman–Crippen MR) is 77.1 cm³/mol. The van der Waals surface area contributed by atoms with Crippen molar-refractivity contribution in [3.8, 4) is 0 Å². The minimum absolute atomic E-state index is 0.0630. The van der Waals surface area contributed by atoms with Crippen LogP contribution in [0.2, 0.25) is 0 Å². The van der Waals surface area contributed by atoms with E-state index in [2.05, 4.69) is 12.1 Å². The van der Waals surface area contributed by atoms with E-state index in [1.54, 1.807) is 0 Å². The maximum absolute atomic E-state index is 13.6. The summed E-state index contributed by atoms with van der Waals surface area (Å²) in [6.07, 6.45) is 3.53. The van der Waals surface area contributed by atoms with E-state index in [0.29, 0.717) is 0 Å². The molecule has 1 aliphatic rings. The zero-order valence-corrected chi connectivity index (χ0v) is 11.8. The van der Waals surface area contributed by atoms with Gasteiger partial charge in [-0.2, -0.15) is 0 Å². The lowest BCUT2D eigenvalue weighted by atomic mass is 9.99. The standard InChI is InChI=1S/C17H15ClF2/c18-15(10-14-16(19)5-2-6-17(14)20)13-8-7-11-3-1-4-12(11)9-13/h2,5-9,15H,1,3-4,10H2. The van der Waals surface area contributed by atoms with Gasteiger partial charge in [-0.1, -0.05) is 24.3 Å². The van der Waals surface area contributed by atoms with Crippen LogP contribution in [0.1, 0.15) is 34.1 Å². The lowest BCUT2D eigenvalue weighted by Crippen LogP contribution is -2.02. The summed E-state index contributed by atoms with van der Waals surface area (Å²) in [6, 6.07) is 10.0. The maximum Gasteiger partial charge on any atom is 0.129 e. The van der Waals surface area contributed by atoms with Gasteiger partial charge in [0.2, 0.25) is 0 Å². The fourth-order valence-electron chi connectivity index (χ4n) is 2.81. The number of halogens is 3. The maximum atomic E-state index is 13.6. The van der Waals surface area contributed by atoms with Crippen molar-refractivity contribution in [2.75, 3.05) is 0 Å². The Morgan fingerprint density at radius 3 is 2.45 bits per heavy atom. The van der Waals surface area contributed by atoms with Crippen molar-refractivity contribution in [1.82, 2.24) is 0 Å². The Morgan fingerprint density at radius 2 is 1.70 bits per heavy atom. The van der Waals surface area contributed by atoms with Crippen molar-refractivity contribution < 1.29 is 8.78 Å². The molecule has 0 amide bonds. The average Bonchev–Trinajstić information content (AvgIpc) is 2.90. The molecule has 0 radical (unpaired) electrons. The molecule has 1 unspecified atom stereocenters. The second kappa shape index (κ2) is 5.53. The first-order chi connectivity index (χ1) is 9.65. The van der Waals surface area contributed by atoms with Crippen molar-refractivity contribution in [2.45, 2.75) is 31.1 Å². The molecule has 0 heterocycles. The van der Waals surface area contributed by atoms with Crippen LogP contribution >= 0.6 is 11.6 Å². The predicted octanol–water partition coefficient (Wildman–Crippen LogP) is 4.98. The zero-order chi connectivity index (χ0) is 14.1. The summed E-state index contributed by atoms with van der Waals surface area (Å²) >= 11 is 6.35. The molecule has 3 heteroatoms. The molecule has 0 aliphatic heterocycles. The Hall–Kier alpha value is -1.41. The van der Waals surface area contributed by atoms with E-state index in [-0.39, 0.29) is 12.0 Å². The van der Waals surface area contributed by atoms with Gasteiger partial charge in [-0.25, -0.2) is 8.78 Å². The molecule has 3 rings (SSSR count). The summed E-state index contributed by atoms with van der Waals surface area (Å²) in [7, 11) is 0. The second-order valence-electron chi connectivity index (χ2n) is 5.25. The van der Waals surface area contributed by atoms with Crippen LogP contribution in [0.25, 0.3) is 0 Å². The number of alkyl halides is 1. The van der Waals surface area contributed by atoms with Crippen molar-refractivity contribution >= 4 is 11.6 Å². The number of aryl methyl sites for hydroxylation is 2. The molecule has 0 N–H and O–H groups in total. The Morgan fingerprint density at radius 1 is 1.00 bits per heavy atom. The quantitative estimate of drug-likeness (QED) is 0.700. The highest BCUT2D eigenvalue weighted by Gasteiger charge is 2.18. The monoisotopic (exact) mass is 292 g/mol. The molecule has 1 atom stereocenters. The van der Waals surface area contributed by atoms with Gasteiger partial charge in [-0.15, -0.1) is 11.6 Å². The molecule has 20 heavy (non-hydrogen) atoms. The lowest BCUT2D eigenvalue weighted by Gasteiger charge is -2.13. The van der Waals surface area contributed by atoms with Crippen molar-refractivity contribution in [1.29, 1.82) is 0 Å². The highest BCUT2D eigenvalue weighted by molar-refractivity contribution is 6.20. The molecular weight excluding hydrogens is 278 g/mol. The molecule has 0 aromatic heterocycles. The third-order valence-corrected chi connectivity index (χ3v) is 4.34. The van der Waals surface area contributed by atoms with Gasteiger partial charge in [0.05, 0.1) is 5.38 Å². The van der Waals surface area contributed by atoms with E-state index < -0.39 is 17.0 Å². The first-order valence-electron chi connectivity index (χ1n) is 6.84. The molecule has 0 fully saturated rings. The summed E-state index contributed by atoms with van der Waals surface area (Å²) in [5.41, 5.74) is 3.69. The van der Waals surface area contributed by atoms with Crippen LogP contribution in [-0.2, 0) is 19.3 Å². The molecular formula is C17H15ClF2. The molecule has 1 aliphatic carbocycles. The van der Waals surface area contributed by atoms with Crippen LogP contribution in [0.4, 0.5) is 8.78 Å². The van der Waals surface area contributed by atoms with Crippen LogP contribution in [0.3, 0.4) is 0 Å². The number of hydrogen-bond acceptors (Lipinski definition) is 0. The molecule has 2 aromatic rings. The van der Waals surface area contributed by atoms with Crippen LogP contribution in [0, 0.1) is 11.6 Å². The van der Waals surface area contributed by atoms with Crippen LogP contribution in [0.5, 0.6) is 0 Å². The van der Waals surface area contributed by atoms with Crippen molar-refractivity contribution in [3.63, 3.8) is 0 Å². The van der Waals surface area contributed by atoms with E-state index in [1.807, 2.05) is 6.07 Å². The van der Waals surface area contributed by atoms with Crippen molar-refractivity contribution in [2.24, 2.45) is 0 Å². The third kappa shape index (κ3) is 2.57. The Balaban J connectivity index is 1.84. The largest absolute Gasteiger partial charge is 0.207 e. The van der Waals surface area contributed by atoms with E-state index in [1.165, 1.54) is 35.7 Å². The van der Waals surface area contributed by atoms with Gasteiger partial charge in [0.1, 0.15) is 11.6 Å². The lowest BCUT2D eigenvalue weighted by molar-refractivity contribution is 0.553. The molecule has 0 nitrogen and oxygen atoms in total. The zero-order valence-electron chi connectivity index (χ0n) is 11.0. The topological polar surface area (TPSA) is 0 Å². The summed E-state index contributed by atoms with van der Waals surface area (Å²) in [5, 5.41) is -0.410. The number of rotatable bonds is 3. The van der Waals surface area contributed by atoms with Crippen LogP contribution in [0.15, 0.2) is 36.4 Å². The average molecular weight is 293 g/mol. The molecule has 0 spiro atoms. The van der Waals surface area contributed by atoms with Gasteiger partial charge in [0.15, 0.2) is 0 Å². The minimum Gasteiger partial charge on any atom is -0.207 e. The van der Waals surface area contributed by atoms with E-state index >= 15 is 0 Å². The summed E-state index contributed by atoms with van der Waals surface area (Å²) in [5.74, 6) is -1.06. The number of hydrogen-bond donors (Lipinski definition) is 0. The fourth-order valence-corrected chi connectivity index (χ4v) is 3.10. The van der Waals surface area contributed by atoms with Crippen molar-refractivity contribution in [3.05, 3.63) is 70.3 Å². The first-order valence-corrected chi connectivity index (χ1v) is 7.27. The molecule has 2 aromatic carbocycles. The van der Waals surface area contributed by atoms with E-state index in [9.17, 15) is 8.78 Å². The third-order valence-electron chi connectivity index (χ3n) is 3.93. The van der Waals surface area contributed by atoms with Gasteiger partial charge in [0, 0.05) is 5.56 Å². The highest BCUT2D eigenvalue weighted by atomic mass is 35.5. The number of benzene rings is 2. The molecule has 0 saturated carbocycles.